The van der Waals surface area contributed by atoms with Crippen LogP contribution in [0.5, 0.6) is 0 Å². The molecule has 2 aliphatic rings. The smallest absolute Gasteiger partial charge is 0.231 e. The van der Waals surface area contributed by atoms with E-state index in [1.165, 1.54) is 35.3 Å². The Morgan fingerprint density at radius 1 is 1.22 bits per heavy atom. The number of amides is 2. The number of hydrogen-bond acceptors (Lipinski definition) is 4. The van der Waals surface area contributed by atoms with E-state index in [-0.39, 0.29) is 17.7 Å². The van der Waals surface area contributed by atoms with Crippen LogP contribution in [-0.2, 0) is 9.59 Å². The number of aryl methyl sites for hydroxylation is 2. The normalized spacial score (nSPS) is 20.4. The van der Waals surface area contributed by atoms with Crippen molar-refractivity contribution in [3.63, 3.8) is 0 Å². The minimum absolute atomic E-state index is 0.0927. The highest BCUT2D eigenvalue weighted by molar-refractivity contribution is 7.14. The summed E-state index contributed by atoms with van der Waals surface area (Å²) in [5.74, 6) is -0.242. The average Bonchev–Trinajstić information content (AvgIpc) is 3.37. The molecule has 1 aromatic heterocycles. The summed E-state index contributed by atoms with van der Waals surface area (Å²) in [7, 11) is 0. The summed E-state index contributed by atoms with van der Waals surface area (Å²) in [6.45, 7) is 4.72. The first-order valence-corrected chi connectivity index (χ1v) is 10.5. The fourth-order valence-corrected chi connectivity index (χ4v) is 4.77. The quantitative estimate of drug-likeness (QED) is 0.862. The van der Waals surface area contributed by atoms with Crippen LogP contribution >= 0.6 is 11.3 Å². The van der Waals surface area contributed by atoms with Gasteiger partial charge in [-0.2, -0.15) is 0 Å². The maximum Gasteiger partial charge on any atom is 0.231 e. The molecule has 2 aromatic rings. The Bertz CT molecular complexity index is 870. The van der Waals surface area contributed by atoms with Crippen molar-refractivity contribution in [1.29, 1.82) is 0 Å². The lowest BCUT2D eigenvalue weighted by Crippen LogP contribution is -2.35. The molecule has 142 valence electrons. The molecular formula is C21H25N3O2S. The molecule has 5 nitrogen and oxygen atoms in total. The fraction of sp³-hybridized carbons (Fsp3) is 0.476. The van der Waals surface area contributed by atoms with Crippen molar-refractivity contribution < 1.29 is 9.59 Å². The van der Waals surface area contributed by atoms with Gasteiger partial charge >= 0.3 is 0 Å². The lowest BCUT2D eigenvalue weighted by molar-refractivity contribution is -0.129. The average molecular weight is 384 g/mol. The van der Waals surface area contributed by atoms with Gasteiger partial charge in [-0.05, 0) is 43.9 Å². The van der Waals surface area contributed by atoms with Gasteiger partial charge in [0.2, 0.25) is 11.8 Å². The summed E-state index contributed by atoms with van der Waals surface area (Å²) in [6.07, 6.45) is 4.84. The van der Waals surface area contributed by atoms with Crippen LogP contribution in [0.25, 0.3) is 11.3 Å². The molecule has 1 atom stereocenters. The number of aromatic nitrogens is 1. The SMILES string of the molecule is Cc1ccc(-c2csc(NC(=O)[C@@H]3CC(=O)N(C4CCCC4)C3)n2)cc1C. The van der Waals surface area contributed by atoms with E-state index in [1.54, 1.807) is 0 Å². The van der Waals surface area contributed by atoms with E-state index in [0.29, 0.717) is 24.1 Å². The van der Waals surface area contributed by atoms with Crippen molar-refractivity contribution in [2.75, 3.05) is 11.9 Å². The maximum atomic E-state index is 12.6. The summed E-state index contributed by atoms with van der Waals surface area (Å²) in [5.41, 5.74) is 4.40. The first kappa shape index (κ1) is 18.2. The minimum Gasteiger partial charge on any atom is -0.339 e. The van der Waals surface area contributed by atoms with Gasteiger partial charge in [-0.25, -0.2) is 4.98 Å². The zero-order valence-corrected chi connectivity index (χ0v) is 16.6. The van der Waals surface area contributed by atoms with Crippen molar-refractivity contribution in [2.24, 2.45) is 5.92 Å². The number of carbonyl (C=O) groups is 2. The first-order chi connectivity index (χ1) is 13.0. The van der Waals surface area contributed by atoms with Gasteiger partial charge in [0.15, 0.2) is 5.13 Å². The van der Waals surface area contributed by atoms with Crippen LogP contribution in [0.1, 0.15) is 43.2 Å². The molecule has 0 spiro atoms. The number of thiazole rings is 1. The largest absolute Gasteiger partial charge is 0.339 e. The summed E-state index contributed by atoms with van der Waals surface area (Å²) in [6, 6.07) is 6.60. The van der Waals surface area contributed by atoms with Crippen molar-refractivity contribution in [1.82, 2.24) is 9.88 Å². The zero-order chi connectivity index (χ0) is 19.0. The first-order valence-electron chi connectivity index (χ1n) is 9.65. The van der Waals surface area contributed by atoms with Crippen molar-refractivity contribution in [3.05, 3.63) is 34.7 Å². The molecule has 1 aromatic carbocycles. The third-order valence-electron chi connectivity index (χ3n) is 5.83. The molecule has 6 heteroatoms. The highest BCUT2D eigenvalue weighted by Crippen LogP contribution is 2.31. The Kier molecular flexibility index (Phi) is 5.00. The molecule has 1 aliphatic carbocycles. The fourth-order valence-electron chi connectivity index (χ4n) is 4.05. The molecule has 1 aliphatic heterocycles. The number of nitrogens with zero attached hydrogens (tertiary/aromatic N) is 2. The standard InChI is InChI=1S/C21H25N3O2S/c1-13-7-8-15(9-14(13)2)18-12-27-21(22-18)23-20(26)16-10-19(25)24(11-16)17-5-3-4-6-17/h7-9,12,16-17H,3-6,10-11H2,1-2H3,(H,22,23,26)/t16-/m1/s1. The third kappa shape index (κ3) is 3.76. The van der Waals surface area contributed by atoms with E-state index in [2.05, 4.69) is 42.3 Å². The summed E-state index contributed by atoms with van der Waals surface area (Å²) in [4.78, 5) is 31.4. The second-order valence-electron chi connectivity index (χ2n) is 7.71. The van der Waals surface area contributed by atoms with Crippen molar-refractivity contribution in [3.8, 4) is 11.3 Å². The number of hydrogen-bond donors (Lipinski definition) is 1. The van der Waals surface area contributed by atoms with Gasteiger partial charge in [-0.1, -0.05) is 25.0 Å². The van der Waals surface area contributed by atoms with E-state index in [1.807, 2.05) is 10.3 Å². The zero-order valence-electron chi connectivity index (χ0n) is 15.8. The Morgan fingerprint density at radius 3 is 2.74 bits per heavy atom. The number of anilines is 1. The molecule has 4 rings (SSSR count). The van der Waals surface area contributed by atoms with Crippen LogP contribution in [0.2, 0.25) is 0 Å². The van der Waals surface area contributed by atoms with Crippen LogP contribution in [-0.4, -0.2) is 34.3 Å². The minimum atomic E-state index is -0.271. The maximum absolute atomic E-state index is 12.6. The second kappa shape index (κ2) is 7.43. The van der Waals surface area contributed by atoms with Gasteiger partial charge in [0.25, 0.3) is 0 Å². The molecule has 1 saturated carbocycles. The second-order valence-corrected chi connectivity index (χ2v) is 8.57. The number of carbonyl (C=O) groups excluding carboxylic acids is 2. The van der Waals surface area contributed by atoms with Crippen LogP contribution in [0.3, 0.4) is 0 Å². The van der Waals surface area contributed by atoms with Gasteiger partial charge in [0.1, 0.15) is 0 Å². The Hall–Kier alpha value is -2.21. The van der Waals surface area contributed by atoms with E-state index >= 15 is 0 Å². The lowest BCUT2D eigenvalue weighted by Gasteiger charge is -2.23. The van der Waals surface area contributed by atoms with Crippen molar-refractivity contribution >= 4 is 28.3 Å². The highest BCUT2D eigenvalue weighted by atomic mass is 32.1. The lowest BCUT2D eigenvalue weighted by atomic mass is 10.1. The molecular weight excluding hydrogens is 358 g/mol. The molecule has 2 amide bonds. The van der Waals surface area contributed by atoms with Gasteiger partial charge < -0.3 is 10.2 Å². The molecule has 0 bridgehead atoms. The Balaban J connectivity index is 1.41. The predicted molar refractivity (Wildman–Crippen MR) is 108 cm³/mol. The van der Waals surface area contributed by atoms with E-state index in [4.69, 9.17) is 0 Å². The summed E-state index contributed by atoms with van der Waals surface area (Å²) in [5, 5.41) is 5.48. The molecule has 2 fully saturated rings. The van der Waals surface area contributed by atoms with Crippen LogP contribution in [0.4, 0.5) is 5.13 Å². The highest BCUT2D eigenvalue weighted by Gasteiger charge is 2.38. The molecule has 0 radical (unpaired) electrons. The topological polar surface area (TPSA) is 62.3 Å². The number of likely N-dealkylation sites (tertiary alicyclic amines) is 1. The molecule has 2 heterocycles. The monoisotopic (exact) mass is 383 g/mol. The number of rotatable bonds is 4. The van der Waals surface area contributed by atoms with E-state index in [9.17, 15) is 9.59 Å². The molecule has 1 saturated heterocycles. The summed E-state index contributed by atoms with van der Waals surface area (Å²) < 4.78 is 0. The van der Waals surface area contributed by atoms with Crippen molar-refractivity contribution in [2.45, 2.75) is 52.0 Å². The van der Waals surface area contributed by atoms with Gasteiger partial charge in [0, 0.05) is 30.0 Å². The van der Waals surface area contributed by atoms with E-state index < -0.39 is 0 Å². The Labute approximate surface area is 163 Å². The van der Waals surface area contributed by atoms with E-state index in [0.717, 1.165) is 24.1 Å². The van der Waals surface area contributed by atoms with Gasteiger partial charge in [-0.3, -0.25) is 9.59 Å². The Morgan fingerprint density at radius 2 is 2.00 bits per heavy atom. The van der Waals surface area contributed by atoms with Gasteiger partial charge in [-0.15, -0.1) is 11.3 Å². The molecule has 1 N–H and O–H groups in total. The molecule has 0 unspecified atom stereocenters. The third-order valence-corrected chi connectivity index (χ3v) is 6.59. The predicted octanol–water partition coefficient (Wildman–Crippen LogP) is 4.16. The molecule has 27 heavy (non-hydrogen) atoms. The number of nitrogens with one attached hydrogen (secondary N) is 1. The number of benzene rings is 1. The van der Waals surface area contributed by atoms with Crippen LogP contribution in [0.15, 0.2) is 23.6 Å². The van der Waals surface area contributed by atoms with Gasteiger partial charge in [0.05, 0.1) is 11.6 Å². The van der Waals surface area contributed by atoms with Crippen LogP contribution in [0, 0.1) is 19.8 Å². The van der Waals surface area contributed by atoms with Crippen LogP contribution < -0.4 is 5.32 Å². The summed E-state index contributed by atoms with van der Waals surface area (Å²) >= 11 is 1.43.